The van der Waals surface area contributed by atoms with E-state index in [1.54, 1.807) is 22.6 Å². The van der Waals surface area contributed by atoms with E-state index in [0.717, 1.165) is 22.2 Å². The van der Waals surface area contributed by atoms with Crippen LogP contribution in [0, 0.1) is 13.8 Å². The number of aromatic hydroxyl groups is 1. The highest BCUT2D eigenvalue weighted by Gasteiger charge is 2.13. The van der Waals surface area contributed by atoms with Crippen molar-refractivity contribution >= 4 is 56.6 Å². The van der Waals surface area contributed by atoms with Gasteiger partial charge in [0.25, 0.3) is 5.56 Å². The van der Waals surface area contributed by atoms with Gasteiger partial charge in [0, 0.05) is 0 Å². The maximum atomic E-state index is 12.8. The molecule has 4 rings (SSSR count). The fourth-order valence-electron chi connectivity index (χ4n) is 2.74. The summed E-state index contributed by atoms with van der Waals surface area (Å²) in [5.74, 6) is -0.166. The Morgan fingerprint density at radius 2 is 1.76 bits per heavy atom. The van der Waals surface area contributed by atoms with Gasteiger partial charge in [-0.15, -0.1) is 0 Å². The topological polar surface area (TPSA) is 54.6 Å². The third-order valence-electron chi connectivity index (χ3n) is 4.19. The van der Waals surface area contributed by atoms with E-state index in [0.29, 0.717) is 15.1 Å². The number of rotatable bonds is 1. The van der Waals surface area contributed by atoms with Gasteiger partial charge in [-0.05, 0) is 60.9 Å². The highest BCUT2D eigenvalue weighted by Crippen LogP contribution is 2.32. The summed E-state index contributed by atoms with van der Waals surface area (Å²) in [6.45, 7) is 4.04. The van der Waals surface area contributed by atoms with Crippen molar-refractivity contribution in [1.29, 1.82) is 0 Å². The molecule has 0 aliphatic heterocycles. The quantitative estimate of drug-likeness (QED) is 0.532. The van der Waals surface area contributed by atoms with E-state index in [9.17, 15) is 9.90 Å². The molecule has 7 heteroatoms. The molecule has 126 valence electrons. The molecule has 0 aliphatic rings. The molecular formula is C18H12Cl2N2O2S. The maximum Gasteiger partial charge on any atom is 0.274 e. The van der Waals surface area contributed by atoms with Gasteiger partial charge in [-0.1, -0.05) is 34.5 Å². The van der Waals surface area contributed by atoms with Crippen molar-refractivity contribution in [2.24, 2.45) is 0 Å². The van der Waals surface area contributed by atoms with Crippen LogP contribution in [0.2, 0.25) is 10.0 Å². The lowest BCUT2D eigenvalue weighted by Gasteiger charge is -2.01. The fourth-order valence-corrected chi connectivity index (χ4v) is 4.23. The molecule has 0 saturated carbocycles. The standard InChI is InChI=1S/C18H12Cl2N2O2S/c1-8-3-13-14(4-9(8)2)22-17(24)15(25-18(22)21-13)7-10-5-11(19)16(23)12(20)6-10/h3-7,23H,1-2H3/b15-7-. The molecule has 2 heterocycles. The summed E-state index contributed by atoms with van der Waals surface area (Å²) in [5.41, 5.74) is 4.39. The number of hydrogen-bond donors (Lipinski definition) is 1. The van der Waals surface area contributed by atoms with E-state index < -0.39 is 0 Å². The Hall–Kier alpha value is -2.08. The molecule has 0 amide bonds. The molecule has 0 spiro atoms. The molecule has 0 unspecified atom stereocenters. The van der Waals surface area contributed by atoms with Gasteiger partial charge in [0.1, 0.15) is 0 Å². The molecule has 0 bridgehead atoms. The van der Waals surface area contributed by atoms with Crippen molar-refractivity contribution in [2.45, 2.75) is 13.8 Å². The molecule has 0 radical (unpaired) electrons. The van der Waals surface area contributed by atoms with Gasteiger partial charge in [0.15, 0.2) is 10.7 Å². The number of fused-ring (bicyclic) bond motifs is 3. The van der Waals surface area contributed by atoms with Gasteiger partial charge in [-0.25, -0.2) is 9.38 Å². The zero-order chi connectivity index (χ0) is 17.9. The number of halogens is 2. The van der Waals surface area contributed by atoms with Crippen LogP contribution in [0.1, 0.15) is 16.7 Å². The van der Waals surface area contributed by atoms with Crippen molar-refractivity contribution in [3.63, 3.8) is 0 Å². The summed E-state index contributed by atoms with van der Waals surface area (Å²) in [6, 6.07) is 7.11. The summed E-state index contributed by atoms with van der Waals surface area (Å²) in [7, 11) is 0. The first-order valence-corrected chi connectivity index (χ1v) is 9.04. The summed E-state index contributed by atoms with van der Waals surface area (Å²) in [5, 5.41) is 9.93. The second-order valence-corrected chi connectivity index (χ2v) is 7.73. The number of hydrogen-bond acceptors (Lipinski definition) is 4. The average molecular weight is 391 g/mol. The lowest BCUT2D eigenvalue weighted by atomic mass is 10.1. The highest BCUT2D eigenvalue weighted by atomic mass is 35.5. The monoisotopic (exact) mass is 390 g/mol. The fraction of sp³-hybridized carbons (Fsp3) is 0.111. The first kappa shape index (κ1) is 16.4. The lowest BCUT2D eigenvalue weighted by molar-refractivity contribution is 0.476. The predicted octanol–water partition coefficient (Wildman–Crippen LogP) is 4.09. The molecule has 1 N–H and O–H groups in total. The van der Waals surface area contributed by atoms with Crippen LogP contribution in [0.25, 0.3) is 22.1 Å². The molecular weight excluding hydrogens is 379 g/mol. The summed E-state index contributed by atoms with van der Waals surface area (Å²) < 4.78 is 2.16. The van der Waals surface area contributed by atoms with Crippen LogP contribution in [0.3, 0.4) is 0 Å². The highest BCUT2D eigenvalue weighted by molar-refractivity contribution is 7.15. The zero-order valence-electron chi connectivity index (χ0n) is 13.3. The molecule has 2 aromatic carbocycles. The summed E-state index contributed by atoms with van der Waals surface area (Å²) in [4.78, 5) is 18.0. The second kappa shape index (κ2) is 5.73. The molecule has 25 heavy (non-hydrogen) atoms. The Kier molecular flexibility index (Phi) is 3.76. The van der Waals surface area contributed by atoms with E-state index in [2.05, 4.69) is 4.98 Å². The van der Waals surface area contributed by atoms with Gasteiger partial charge in [0.05, 0.1) is 25.6 Å². The molecule has 0 aliphatic carbocycles. The Labute approximate surface area is 156 Å². The third-order valence-corrected chi connectivity index (χ3v) is 5.74. The maximum absolute atomic E-state index is 12.8. The summed E-state index contributed by atoms with van der Waals surface area (Å²) >= 11 is 13.2. The molecule has 4 aromatic rings. The minimum Gasteiger partial charge on any atom is -0.505 e. The number of aryl methyl sites for hydroxylation is 2. The number of benzene rings is 2. The van der Waals surface area contributed by atoms with Gasteiger partial charge in [0.2, 0.25) is 0 Å². The van der Waals surface area contributed by atoms with E-state index in [1.807, 2.05) is 26.0 Å². The number of phenolic OH excluding ortho intramolecular Hbond substituents is 1. The smallest absolute Gasteiger partial charge is 0.274 e. The van der Waals surface area contributed by atoms with Crippen LogP contribution in [0.5, 0.6) is 5.75 Å². The van der Waals surface area contributed by atoms with Gasteiger partial charge < -0.3 is 5.11 Å². The van der Waals surface area contributed by atoms with Gasteiger partial charge in [-0.2, -0.15) is 0 Å². The van der Waals surface area contributed by atoms with E-state index in [1.165, 1.54) is 11.3 Å². The second-order valence-electron chi connectivity index (χ2n) is 5.90. The van der Waals surface area contributed by atoms with E-state index >= 15 is 0 Å². The largest absolute Gasteiger partial charge is 0.505 e. The molecule has 2 aromatic heterocycles. The lowest BCUT2D eigenvalue weighted by Crippen LogP contribution is -2.22. The van der Waals surface area contributed by atoms with Crippen molar-refractivity contribution in [2.75, 3.05) is 0 Å². The normalized spacial score (nSPS) is 12.6. The SMILES string of the molecule is Cc1cc2nc3s/c(=C\c4cc(Cl)c(O)c(Cl)c4)c(=O)n3c2cc1C. The van der Waals surface area contributed by atoms with Gasteiger partial charge in [-0.3, -0.25) is 4.79 Å². The average Bonchev–Trinajstić information content (AvgIpc) is 3.03. The molecule has 4 nitrogen and oxygen atoms in total. The number of imidazole rings is 1. The number of phenols is 1. The van der Waals surface area contributed by atoms with Crippen LogP contribution in [-0.4, -0.2) is 14.5 Å². The van der Waals surface area contributed by atoms with Crippen molar-refractivity contribution < 1.29 is 5.11 Å². The molecule has 0 fully saturated rings. The summed E-state index contributed by atoms with van der Waals surface area (Å²) in [6.07, 6.45) is 1.70. The zero-order valence-corrected chi connectivity index (χ0v) is 15.6. The number of thiazole rings is 1. The van der Waals surface area contributed by atoms with E-state index in [-0.39, 0.29) is 21.4 Å². The van der Waals surface area contributed by atoms with Crippen LogP contribution in [0.4, 0.5) is 0 Å². The van der Waals surface area contributed by atoms with Crippen molar-refractivity contribution in [3.05, 3.63) is 65.9 Å². The number of aromatic nitrogens is 2. The Morgan fingerprint density at radius 1 is 1.12 bits per heavy atom. The predicted molar refractivity (Wildman–Crippen MR) is 103 cm³/mol. The van der Waals surface area contributed by atoms with Crippen LogP contribution >= 0.6 is 34.5 Å². The minimum atomic E-state index is -0.166. The molecule has 0 atom stereocenters. The third kappa shape index (κ3) is 2.59. The van der Waals surface area contributed by atoms with Crippen molar-refractivity contribution in [3.8, 4) is 5.75 Å². The van der Waals surface area contributed by atoms with Crippen molar-refractivity contribution in [1.82, 2.24) is 9.38 Å². The van der Waals surface area contributed by atoms with E-state index in [4.69, 9.17) is 23.2 Å². The van der Waals surface area contributed by atoms with Crippen LogP contribution in [-0.2, 0) is 0 Å². The Morgan fingerprint density at radius 3 is 2.44 bits per heavy atom. The minimum absolute atomic E-state index is 0.133. The van der Waals surface area contributed by atoms with Crippen LogP contribution in [0.15, 0.2) is 29.1 Å². The molecule has 0 saturated heterocycles. The Bertz CT molecular complexity index is 1250. The van der Waals surface area contributed by atoms with Gasteiger partial charge >= 0.3 is 0 Å². The first-order chi connectivity index (χ1) is 11.8. The number of nitrogens with zero attached hydrogens (tertiary/aromatic N) is 2. The first-order valence-electron chi connectivity index (χ1n) is 7.47. The Balaban J connectivity index is 1.99. The van der Waals surface area contributed by atoms with Crippen LogP contribution < -0.4 is 10.1 Å².